The highest BCUT2D eigenvalue weighted by Gasteiger charge is 2.19. The van der Waals surface area contributed by atoms with Crippen LogP contribution in [0, 0.1) is 0 Å². The van der Waals surface area contributed by atoms with Gasteiger partial charge in [0, 0.05) is 19.4 Å². The Kier molecular flexibility index (Phi) is 4.92. The van der Waals surface area contributed by atoms with Gasteiger partial charge in [-0.25, -0.2) is 4.98 Å². The molecule has 1 unspecified atom stereocenters. The van der Waals surface area contributed by atoms with E-state index in [1.54, 1.807) is 25.6 Å². The van der Waals surface area contributed by atoms with Crippen molar-refractivity contribution in [1.29, 1.82) is 0 Å². The Morgan fingerprint density at radius 3 is 2.74 bits per heavy atom. The first-order valence-corrected chi connectivity index (χ1v) is 6.85. The standard InChI is InChI=1S/C14H15N3OS/c1-15-14(18)12(9-11-5-3-2-4-6-11)19-13-10-16-7-8-17-13/h2-8,10,12H,9H2,1H3,(H,15,18). The SMILES string of the molecule is CNC(=O)C(Cc1ccccc1)Sc1cnccn1. The molecule has 0 saturated carbocycles. The lowest BCUT2D eigenvalue weighted by Crippen LogP contribution is -2.31. The Bertz CT molecular complexity index is 477. The maximum absolute atomic E-state index is 11.9. The number of amides is 1. The molecule has 0 saturated heterocycles. The number of thioether (sulfide) groups is 1. The van der Waals surface area contributed by atoms with Gasteiger partial charge in [0.1, 0.15) is 5.03 Å². The van der Waals surface area contributed by atoms with E-state index in [1.165, 1.54) is 11.8 Å². The lowest BCUT2D eigenvalue weighted by atomic mass is 10.1. The summed E-state index contributed by atoms with van der Waals surface area (Å²) >= 11 is 1.43. The van der Waals surface area contributed by atoms with Crippen LogP contribution in [0.1, 0.15) is 5.56 Å². The number of hydrogen-bond acceptors (Lipinski definition) is 4. The second-order valence-electron chi connectivity index (χ2n) is 3.95. The quantitative estimate of drug-likeness (QED) is 0.846. The zero-order valence-electron chi connectivity index (χ0n) is 10.6. The van der Waals surface area contributed by atoms with Gasteiger partial charge in [-0.15, -0.1) is 0 Å². The van der Waals surface area contributed by atoms with E-state index in [1.807, 2.05) is 30.3 Å². The maximum Gasteiger partial charge on any atom is 0.233 e. The molecule has 1 amide bonds. The zero-order valence-corrected chi connectivity index (χ0v) is 11.4. The number of rotatable bonds is 5. The van der Waals surface area contributed by atoms with Gasteiger partial charge in [-0.05, 0) is 12.0 Å². The molecule has 4 nitrogen and oxygen atoms in total. The Balaban J connectivity index is 2.10. The summed E-state index contributed by atoms with van der Waals surface area (Å²) in [4.78, 5) is 20.2. The van der Waals surface area contributed by atoms with Gasteiger partial charge >= 0.3 is 0 Å². The molecule has 0 bridgehead atoms. The van der Waals surface area contributed by atoms with Crippen molar-refractivity contribution in [3.05, 3.63) is 54.5 Å². The predicted molar refractivity (Wildman–Crippen MR) is 75.9 cm³/mol. The van der Waals surface area contributed by atoms with E-state index in [9.17, 15) is 4.79 Å². The van der Waals surface area contributed by atoms with Crippen LogP contribution >= 0.6 is 11.8 Å². The highest BCUT2D eigenvalue weighted by Crippen LogP contribution is 2.23. The van der Waals surface area contributed by atoms with E-state index in [4.69, 9.17) is 0 Å². The van der Waals surface area contributed by atoms with Gasteiger partial charge in [0.05, 0.1) is 11.4 Å². The summed E-state index contributed by atoms with van der Waals surface area (Å²) in [6.45, 7) is 0. The molecule has 0 fully saturated rings. The smallest absolute Gasteiger partial charge is 0.233 e. The fourth-order valence-corrected chi connectivity index (χ4v) is 2.70. The van der Waals surface area contributed by atoms with Crippen LogP contribution in [0.25, 0.3) is 0 Å². The van der Waals surface area contributed by atoms with Gasteiger partial charge in [0.15, 0.2) is 0 Å². The molecule has 1 aromatic carbocycles. The fourth-order valence-electron chi connectivity index (χ4n) is 1.67. The minimum Gasteiger partial charge on any atom is -0.358 e. The summed E-state index contributed by atoms with van der Waals surface area (Å²) in [6, 6.07) is 9.96. The Hall–Kier alpha value is -1.88. The molecule has 1 heterocycles. The lowest BCUT2D eigenvalue weighted by molar-refractivity contribution is -0.120. The summed E-state index contributed by atoms with van der Waals surface area (Å²) in [5, 5.41) is 3.25. The van der Waals surface area contributed by atoms with Crippen molar-refractivity contribution >= 4 is 17.7 Å². The third-order valence-corrected chi connectivity index (χ3v) is 3.72. The molecule has 0 aliphatic rings. The van der Waals surface area contributed by atoms with Crippen LogP contribution in [-0.2, 0) is 11.2 Å². The molecule has 5 heteroatoms. The van der Waals surface area contributed by atoms with Crippen molar-refractivity contribution in [3.8, 4) is 0 Å². The molecule has 2 rings (SSSR count). The van der Waals surface area contributed by atoms with Gasteiger partial charge in [0.25, 0.3) is 0 Å². The van der Waals surface area contributed by atoms with Crippen molar-refractivity contribution in [2.45, 2.75) is 16.7 Å². The van der Waals surface area contributed by atoms with Crippen molar-refractivity contribution < 1.29 is 4.79 Å². The fraction of sp³-hybridized carbons (Fsp3) is 0.214. The maximum atomic E-state index is 11.9. The van der Waals surface area contributed by atoms with Gasteiger partial charge in [-0.2, -0.15) is 0 Å². The van der Waals surface area contributed by atoms with E-state index in [0.717, 1.165) is 10.6 Å². The third-order valence-electron chi connectivity index (χ3n) is 2.61. The molecule has 1 atom stereocenters. The summed E-state index contributed by atoms with van der Waals surface area (Å²) in [6.07, 6.45) is 5.59. The van der Waals surface area contributed by atoms with Crippen LogP contribution in [0.15, 0.2) is 53.9 Å². The van der Waals surface area contributed by atoms with E-state index in [0.29, 0.717) is 6.42 Å². The number of aromatic nitrogens is 2. The van der Waals surface area contributed by atoms with E-state index in [-0.39, 0.29) is 11.2 Å². The molecule has 1 N–H and O–H groups in total. The van der Waals surface area contributed by atoms with Crippen LogP contribution in [0.4, 0.5) is 0 Å². The molecule has 1 aromatic heterocycles. The average Bonchev–Trinajstić information content (AvgIpc) is 2.48. The monoisotopic (exact) mass is 273 g/mol. The number of benzene rings is 1. The molecular formula is C14H15N3OS. The molecule has 0 spiro atoms. The Labute approximate surface area is 116 Å². The lowest BCUT2D eigenvalue weighted by Gasteiger charge is -2.14. The molecule has 0 aliphatic heterocycles. The molecule has 19 heavy (non-hydrogen) atoms. The second-order valence-corrected chi connectivity index (χ2v) is 5.18. The molecule has 98 valence electrons. The first kappa shape index (κ1) is 13.5. The minimum absolute atomic E-state index is 0.000457. The second kappa shape index (κ2) is 6.89. The number of carbonyl (C=O) groups excluding carboxylic acids is 1. The van der Waals surface area contributed by atoms with Crippen LogP contribution in [0.5, 0.6) is 0 Å². The van der Waals surface area contributed by atoms with E-state index < -0.39 is 0 Å². The first-order chi connectivity index (χ1) is 9.29. The molecular weight excluding hydrogens is 258 g/mol. The summed E-state index contributed by atoms with van der Waals surface area (Å²) in [7, 11) is 1.65. The van der Waals surface area contributed by atoms with Crippen LogP contribution in [-0.4, -0.2) is 28.2 Å². The van der Waals surface area contributed by atoms with Crippen molar-refractivity contribution in [3.63, 3.8) is 0 Å². The van der Waals surface area contributed by atoms with E-state index in [2.05, 4.69) is 15.3 Å². The summed E-state index contributed by atoms with van der Waals surface area (Å²) in [5.74, 6) is -0.000457. The number of hydrogen-bond donors (Lipinski definition) is 1. The highest BCUT2D eigenvalue weighted by molar-refractivity contribution is 8.00. The minimum atomic E-state index is -0.205. The van der Waals surface area contributed by atoms with Crippen molar-refractivity contribution in [1.82, 2.24) is 15.3 Å². The molecule has 0 radical (unpaired) electrons. The normalized spacial score (nSPS) is 11.8. The number of nitrogens with zero attached hydrogens (tertiary/aromatic N) is 2. The van der Waals surface area contributed by atoms with Crippen molar-refractivity contribution in [2.24, 2.45) is 0 Å². The van der Waals surface area contributed by atoms with Crippen LogP contribution in [0.3, 0.4) is 0 Å². The van der Waals surface area contributed by atoms with Gasteiger partial charge in [0.2, 0.25) is 5.91 Å². The highest BCUT2D eigenvalue weighted by atomic mass is 32.2. The number of nitrogens with one attached hydrogen (secondary N) is 1. The molecule has 2 aromatic rings. The summed E-state index contributed by atoms with van der Waals surface area (Å²) < 4.78 is 0. The Morgan fingerprint density at radius 1 is 1.32 bits per heavy atom. The Morgan fingerprint density at radius 2 is 2.11 bits per heavy atom. The number of carbonyl (C=O) groups is 1. The van der Waals surface area contributed by atoms with Gasteiger partial charge in [-0.3, -0.25) is 9.78 Å². The molecule has 0 aliphatic carbocycles. The summed E-state index contributed by atoms with van der Waals surface area (Å²) in [5.41, 5.74) is 1.13. The van der Waals surface area contributed by atoms with Crippen LogP contribution < -0.4 is 5.32 Å². The topological polar surface area (TPSA) is 54.9 Å². The van der Waals surface area contributed by atoms with Gasteiger partial charge < -0.3 is 5.32 Å². The predicted octanol–water partition coefficient (Wildman–Crippen LogP) is 1.93. The first-order valence-electron chi connectivity index (χ1n) is 5.98. The third kappa shape index (κ3) is 4.06. The van der Waals surface area contributed by atoms with Crippen molar-refractivity contribution in [2.75, 3.05) is 7.05 Å². The largest absolute Gasteiger partial charge is 0.358 e. The zero-order chi connectivity index (χ0) is 13.5. The van der Waals surface area contributed by atoms with Crippen LogP contribution in [0.2, 0.25) is 0 Å². The van der Waals surface area contributed by atoms with E-state index >= 15 is 0 Å². The van der Waals surface area contributed by atoms with Gasteiger partial charge in [-0.1, -0.05) is 42.1 Å². The average molecular weight is 273 g/mol.